The van der Waals surface area contributed by atoms with Gasteiger partial charge < -0.3 is 19.1 Å². The Morgan fingerprint density at radius 2 is 0.968 bits per heavy atom. The molecule has 0 spiro atoms. The number of unbranched alkanes of at least 4 members (excludes halogenated alkanes) is 4. The number of hydrogen-bond donors (Lipinski definition) is 0. The van der Waals surface area contributed by atoms with Gasteiger partial charge in [0.15, 0.2) is 0 Å². The van der Waals surface area contributed by atoms with Crippen molar-refractivity contribution in [3.05, 3.63) is 0 Å². The summed E-state index contributed by atoms with van der Waals surface area (Å²) < 4.78 is 17.3. The molecule has 0 unspecified atom stereocenters. The largest absolute Gasteiger partial charge is 0.381 e. The number of nitrogens with zero attached hydrogens (tertiary/aromatic N) is 2. The van der Waals surface area contributed by atoms with Gasteiger partial charge in [0.1, 0.15) is 0 Å². The Morgan fingerprint density at radius 1 is 0.516 bits per heavy atom. The smallest absolute Gasteiger partial charge is 0.0593 e. The molecule has 0 N–H and O–H groups in total. The molecule has 5 nitrogen and oxygen atoms in total. The first-order valence-corrected chi connectivity index (χ1v) is 12.8. The van der Waals surface area contributed by atoms with E-state index in [2.05, 4.69) is 51.3 Å². The molecule has 1 saturated heterocycles. The van der Waals surface area contributed by atoms with E-state index in [9.17, 15) is 0 Å². The first-order chi connectivity index (χ1) is 14.7. The quantitative estimate of drug-likeness (QED) is 0.293. The van der Waals surface area contributed by atoms with Crippen molar-refractivity contribution in [2.24, 2.45) is 10.8 Å². The molecule has 1 rings (SSSR count). The minimum atomic E-state index is 0.274. The SMILES string of the molecule is CC(C)(C)COCCCCCOCCCCCOCCN1CCN(CC(C)(C)C)CC1. The summed E-state index contributed by atoms with van der Waals surface area (Å²) in [7, 11) is 0. The molecule has 0 atom stereocenters. The Morgan fingerprint density at radius 3 is 1.45 bits per heavy atom. The monoisotopic (exact) mass is 442 g/mol. The lowest BCUT2D eigenvalue weighted by atomic mass is 9.96. The molecule has 1 heterocycles. The van der Waals surface area contributed by atoms with Gasteiger partial charge in [-0.25, -0.2) is 0 Å². The van der Waals surface area contributed by atoms with Gasteiger partial charge >= 0.3 is 0 Å². The summed E-state index contributed by atoms with van der Waals surface area (Å²) in [5, 5.41) is 0. The van der Waals surface area contributed by atoms with E-state index in [1.165, 1.54) is 45.6 Å². The summed E-state index contributed by atoms with van der Waals surface area (Å²) in [6, 6.07) is 0. The highest BCUT2D eigenvalue weighted by molar-refractivity contribution is 4.76. The highest BCUT2D eigenvalue weighted by atomic mass is 16.5. The average Bonchev–Trinajstić information content (AvgIpc) is 2.67. The summed E-state index contributed by atoms with van der Waals surface area (Å²) in [4.78, 5) is 5.14. The van der Waals surface area contributed by atoms with E-state index in [0.717, 1.165) is 71.9 Å². The fourth-order valence-corrected chi connectivity index (χ4v) is 3.79. The fraction of sp³-hybridized carbons (Fsp3) is 1.00. The summed E-state index contributed by atoms with van der Waals surface area (Å²) >= 11 is 0. The first kappa shape index (κ1) is 28.8. The van der Waals surface area contributed by atoms with Crippen LogP contribution in [0.25, 0.3) is 0 Å². The third kappa shape index (κ3) is 19.0. The van der Waals surface area contributed by atoms with Crippen LogP contribution < -0.4 is 0 Å². The molecule has 1 fully saturated rings. The zero-order valence-electron chi connectivity index (χ0n) is 21.8. The van der Waals surface area contributed by atoms with Gasteiger partial charge in [0.05, 0.1) is 13.2 Å². The summed E-state index contributed by atoms with van der Waals surface area (Å²) in [6.45, 7) is 25.9. The van der Waals surface area contributed by atoms with Crippen LogP contribution in [-0.4, -0.2) is 88.7 Å². The standard InChI is InChI=1S/C26H54N2O3/c1-25(2,3)23-28-15-13-27(14-16-28)17-22-30-20-11-7-9-18-29-19-10-8-12-21-31-24-26(4,5)6/h7-24H2,1-6H3. The lowest BCUT2D eigenvalue weighted by Crippen LogP contribution is -2.49. The van der Waals surface area contributed by atoms with Crippen LogP contribution in [0.1, 0.15) is 80.1 Å². The minimum absolute atomic E-state index is 0.274. The zero-order valence-corrected chi connectivity index (χ0v) is 21.8. The van der Waals surface area contributed by atoms with Crippen molar-refractivity contribution in [1.82, 2.24) is 9.80 Å². The van der Waals surface area contributed by atoms with Gasteiger partial charge in [-0.05, 0) is 49.4 Å². The summed E-state index contributed by atoms with van der Waals surface area (Å²) in [6.07, 6.45) is 6.98. The molecule has 0 aromatic heterocycles. The third-order valence-electron chi connectivity index (χ3n) is 5.40. The average molecular weight is 443 g/mol. The van der Waals surface area contributed by atoms with Crippen LogP contribution in [0.15, 0.2) is 0 Å². The normalized spacial score (nSPS) is 16.8. The molecule has 0 radical (unpaired) electrons. The lowest BCUT2D eigenvalue weighted by Gasteiger charge is -2.37. The Balaban J connectivity index is 1.77. The second-order valence-electron chi connectivity index (χ2n) is 11.6. The van der Waals surface area contributed by atoms with Crippen LogP contribution in [0, 0.1) is 10.8 Å². The van der Waals surface area contributed by atoms with E-state index in [-0.39, 0.29) is 5.41 Å². The van der Waals surface area contributed by atoms with Crippen LogP contribution in [0.5, 0.6) is 0 Å². The molecular weight excluding hydrogens is 388 g/mol. The van der Waals surface area contributed by atoms with Crippen LogP contribution in [0.2, 0.25) is 0 Å². The van der Waals surface area contributed by atoms with E-state index in [4.69, 9.17) is 14.2 Å². The van der Waals surface area contributed by atoms with Crippen molar-refractivity contribution in [3.8, 4) is 0 Å². The molecule has 0 bridgehead atoms. The van der Waals surface area contributed by atoms with E-state index in [1.807, 2.05) is 0 Å². The van der Waals surface area contributed by atoms with Crippen molar-refractivity contribution in [1.29, 1.82) is 0 Å². The van der Waals surface area contributed by atoms with Crippen molar-refractivity contribution in [2.45, 2.75) is 80.1 Å². The zero-order chi connectivity index (χ0) is 23.0. The molecule has 0 saturated carbocycles. The Bertz CT molecular complexity index is 410. The predicted molar refractivity (Wildman–Crippen MR) is 132 cm³/mol. The lowest BCUT2D eigenvalue weighted by molar-refractivity contribution is 0.0623. The Hall–Kier alpha value is -0.200. The van der Waals surface area contributed by atoms with Gasteiger partial charge in [0.25, 0.3) is 0 Å². The van der Waals surface area contributed by atoms with Crippen LogP contribution in [0.3, 0.4) is 0 Å². The van der Waals surface area contributed by atoms with Gasteiger partial charge in [-0.1, -0.05) is 41.5 Å². The molecule has 186 valence electrons. The minimum Gasteiger partial charge on any atom is -0.381 e. The second-order valence-corrected chi connectivity index (χ2v) is 11.6. The van der Waals surface area contributed by atoms with Crippen LogP contribution in [-0.2, 0) is 14.2 Å². The summed E-state index contributed by atoms with van der Waals surface area (Å²) in [5.74, 6) is 0. The Kier molecular flexibility index (Phi) is 15.3. The van der Waals surface area contributed by atoms with E-state index in [0.29, 0.717) is 5.41 Å². The number of ether oxygens (including phenoxy) is 3. The summed E-state index contributed by atoms with van der Waals surface area (Å²) in [5.41, 5.74) is 0.674. The van der Waals surface area contributed by atoms with Crippen LogP contribution >= 0.6 is 0 Å². The molecule has 31 heavy (non-hydrogen) atoms. The van der Waals surface area contributed by atoms with Gasteiger partial charge in [-0.15, -0.1) is 0 Å². The van der Waals surface area contributed by atoms with E-state index >= 15 is 0 Å². The molecule has 5 heteroatoms. The van der Waals surface area contributed by atoms with Crippen LogP contribution in [0.4, 0.5) is 0 Å². The van der Waals surface area contributed by atoms with E-state index in [1.54, 1.807) is 0 Å². The van der Waals surface area contributed by atoms with Crippen molar-refractivity contribution < 1.29 is 14.2 Å². The van der Waals surface area contributed by atoms with Crippen molar-refractivity contribution >= 4 is 0 Å². The molecule has 0 aromatic rings. The predicted octanol–water partition coefficient (Wildman–Crippen LogP) is 5.09. The highest BCUT2D eigenvalue weighted by Crippen LogP contribution is 2.16. The van der Waals surface area contributed by atoms with Gasteiger partial charge in [0.2, 0.25) is 0 Å². The maximum absolute atomic E-state index is 5.85. The van der Waals surface area contributed by atoms with Crippen molar-refractivity contribution in [2.75, 3.05) is 78.9 Å². The van der Waals surface area contributed by atoms with Crippen molar-refractivity contribution in [3.63, 3.8) is 0 Å². The van der Waals surface area contributed by atoms with Gasteiger partial charge in [0, 0.05) is 65.7 Å². The molecule has 1 aliphatic rings. The number of piperazine rings is 1. The number of rotatable bonds is 17. The molecular formula is C26H54N2O3. The molecule has 1 aliphatic heterocycles. The molecule has 0 aromatic carbocycles. The first-order valence-electron chi connectivity index (χ1n) is 12.8. The van der Waals surface area contributed by atoms with Gasteiger partial charge in [-0.2, -0.15) is 0 Å². The third-order valence-corrected chi connectivity index (χ3v) is 5.40. The van der Waals surface area contributed by atoms with E-state index < -0.39 is 0 Å². The molecule has 0 aliphatic carbocycles. The molecule has 0 amide bonds. The van der Waals surface area contributed by atoms with Gasteiger partial charge in [-0.3, -0.25) is 4.90 Å². The maximum atomic E-state index is 5.85. The Labute approximate surface area is 194 Å². The second kappa shape index (κ2) is 16.4. The maximum Gasteiger partial charge on any atom is 0.0593 e. The highest BCUT2D eigenvalue weighted by Gasteiger charge is 2.21. The number of hydrogen-bond acceptors (Lipinski definition) is 5. The fourth-order valence-electron chi connectivity index (χ4n) is 3.79. The topological polar surface area (TPSA) is 34.2 Å².